The molecule has 0 radical (unpaired) electrons. The second kappa shape index (κ2) is 5.68. The zero-order chi connectivity index (χ0) is 11.3. The molecular formula is C11H16N2OS. The SMILES string of the molecule is C=CC(C)NCc1sccc1NC(C)=O. The first-order valence-electron chi connectivity index (χ1n) is 4.83. The summed E-state index contributed by atoms with van der Waals surface area (Å²) < 4.78 is 0. The Morgan fingerprint density at radius 2 is 2.47 bits per heavy atom. The van der Waals surface area contributed by atoms with E-state index in [0.29, 0.717) is 0 Å². The molecule has 0 fully saturated rings. The molecule has 1 aromatic heterocycles. The van der Waals surface area contributed by atoms with Crippen molar-refractivity contribution in [2.75, 3.05) is 5.32 Å². The predicted octanol–water partition coefficient (Wildman–Crippen LogP) is 2.37. The standard InChI is InChI=1S/C11H16N2OS/c1-4-8(2)12-7-11-10(5-6-15-11)13-9(3)14/h4-6,8,12H,1,7H2,2-3H3,(H,13,14). The van der Waals surface area contributed by atoms with Crippen LogP contribution in [0.25, 0.3) is 0 Å². The molecular weight excluding hydrogens is 208 g/mol. The van der Waals surface area contributed by atoms with Gasteiger partial charge in [0.15, 0.2) is 0 Å². The molecule has 1 atom stereocenters. The third-order valence-electron chi connectivity index (χ3n) is 1.99. The second-order valence-electron chi connectivity index (χ2n) is 3.34. The molecule has 0 saturated carbocycles. The van der Waals surface area contributed by atoms with Crippen LogP contribution in [0, 0.1) is 0 Å². The third-order valence-corrected chi connectivity index (χ3v) is 2.92. The summed E-state index contributed by atoms with van der Waals surface area (Å²) in [5, 5.41) is 8.06. The van der Waals surface area contributed by atoms with E-state index in [1.54, 1.807) is 11.3 Å². The van der Waals surface area contributed by atoms with E-state index in [-0.39, 0.29) is 11.9 Å². The van der Waals surface area contributed by atoms with E-state index in [1.165, 1.54) is 6.92 Å². The Morgan fingerprint density at radius 3 is 3.07 bits per heavy atom. The molecule has 0 bridgehead atoms. The molecule has 1 aromatic rings. The van der Waals surface area contributed by atoms with Crippen molar-refractivity contribution in [2.24, 2.45) is 0 Å². The highest BCUT2D eigenvalue weighted by molar-refractivity contribution is 7.10. The molecule has 2 N–H and O–H groups in total. The van der Waals surface area contributed by atoms with Crippen LogP contribution in [-0.2, 0) is 11.3 Å². The first kappa shape index (κ1) is 11.9. The average molecular weight is 224 g/mol. The number of hydrogen-bond donors (Lipinski definition) is 2. The molecule has 1 amide bonds. The molecule has 1 unspecified atom stereocenters. The average Bonchev–Trinajstić information content (AvgIpc) is 2.61. The molecule has 0 spiro atoms. The van der Waals surface area contributed by atoms with Crippen LogP contribution in [0.4, 0.5) is 5.69 Å². The summed E-state index contributed by atoms with van der Waals surface area (Å²) in [6, 6.07) is 2.19. The maximum Gasteiger partial charge on any atom is 0.221 e. The highest BCUT2D eigenvalue weighted by atomic mass is 32.1. The molecule has 15 heavy (non-hydrogen) atoms. The zero-order valence-electron chi connectivity index (χ0n) is 9.04. The highest BCUT2D eigenvalue weighted by Crippen LogP contribution is 2.22. The van der Waals surface area contributed by atoms with Gasteiger partial charge in [-0.15, -0.1) is 17.9 Å². The van der Waals surface area contributed by atoms with Crippen molar-refractivity contribution in [3.63, 3.8) is 0 Å². The summed E-state index contributed by atoms with van der Waals surface area (Å²) >= 11 is 1.63. The van der Waals surface area contributed by atoms with Crippen LogP contribution >= 0.6 is 11.3 Å². The molecule has 0 saturated heterocycles. The number of carbonyl (C=O) groups is 1. The van der Waals surface area contributed by atoms with Crippen molar-refractivity contribution < 1.29 is 4.79 Å². The lowest BCUT2D eigenvalue weighted by atomic mass is 10.3. The Morgan fingerprint density at radius 1 is 1.73 bits per heavy atom. The van der Waals surface area contributed by atoms with Crippen LogP contribution < -0.4 is 10.6 Å². The van der Waals surface area contributed by atoms with Gasteiger partial charge in [0.05, 0.1) is 5.69 Å². The maximum absolute atomic E-state index is 10.9. The highest BCUT2D eigenvalue weighted by Gasteiger charge is 2.05. The van der Waals surface area contributed by atoms with Crippen LogP contribution in [0.15, 0.2) is 24.1 Å². The fourth-order valence-corrected chi connectivity index (χ4v) is 1.90. The van der Waals surface area contributed by atoms with Gasteiger partial charge in [0.2, 0.25) is 5.91 Å². The fraction of sp³-hybridized carbons (Fsp3) is 0.364. The van der Waals surface area contributed by atoms with Gasteiger partial charge in [-0.05, 0) is 18.4 Å². The van der Waals surface area contributed by atoms with Crippen LogP contribution in [0.3, 0.4) is 0 Å². The van der Waals surface area contributed by atoms with Crippen LogP contribution in [0.5, 0.6) is 0 Å². The number of rotatable bonds is 5. The van der Waals surface area contributed by atoms with Crippen molar-refractivity contribution in [2.45, 2.75) is 26.4 Å². The molecule has 4 heteroatoms. The Hall–Kier alpha value is -1.13. The van der Waals surface area contributed by atoms with E-state index in [4.69, 9.17) is 0 Å². The summed E-state index contributed by atoms with van der Waals surface area (Å²) in [6.07, 6.45) is 1.85. The van der Waals surface area contributed by atoms with Gasteiger partial charge >= 0.3 is 0 Å². The zero-order valence-corrected chi connectivity index (χ0v) is 9.86. The molecule has 82 valence electrons. The number of anilines is 1. The first-order chi connectivity index (χ1) is 7.13. The van der Waals surface area contributed by atoms with Gasteiger partial charge in [0.25, 0.3) is 0 Å². The Kier molecular flexibility index (Phi) is 4.52. The summed E-state index contributed by atoms with van der Waals surface area (Å²) in [7, 11) is 0. The lowest BCUT2D eigenvalue weighted by Gasteiger charge is -2.09. The summed E-state index contributed by atoms with van der Waals surface area (Å²) in [6.45, 7) is 8.01. The van der Waals surface area contributed by atoms with E-state index < -0.39 is 0 Å². The number of carbonyl (C=O) groups excluding carboxylic acids is 1. The second-order valence-corrected chi connectivity index (χ2v) is 4.34. The van der Waals surface area contributed by atoms with Crippen molar-refractivity contribution in [1.82, 2.24) is 5.32 Å². The molecule has 3 nitrogen and oxygen atoms in total. The topological polar surface area (TPSA) is 41.1 Å². The first-order valence-corrected chi connectivity index (χ1v) is 5.71. The summed E-state index contributed by atoms with van der Waals surface area (Å²) in [5.41, 5.74) is 0.899. The van der Waals surface area contributed by atoms with Crippen LogP contribution in [-0.4, -0.2) is 11.9 Å². The largest absolute Gasteiger partial charge is 0.325 e. The maximum atomic E-state index is 10.9. The smallest absolute Gasteiger partial charge is 0.221 e. The van der Waals surface area contributed by atoms with Gasteiger partial charge < -0.3 is 10.6 Å². The quantitative estimate of drug-likeness (QED) is 0.754. The van der Waals surface area contributed by atoms with Gasteiger partial charge in [0.1, 0.15) is 0 Å². The minimum Gasteiger partial charge on any atom is -0.325 e. The third kappa shape index (κ3) is 3.85. The number of nitrogens with one attached hydrogen (secondary N) is 2. The van der Waals surface area contributed by atoms with E-state index in [0.717, 1.165) is 17.1 Å². The number of hydrogen-bond acceptors (Lipinski definition) is 3. The molecule has 0 aliphatic rings. The van der Waals surface area contributed by atoms with Gasteiger partial charge in [-0.2, -0.15) is 0 Å². The molecule has 1 heterocycles. The minimum absolute atomic E-state index is 0.0357. The van der Waals surface area contributed by atoms with Gasteiger partial charge in [-0.3, -0.25) is 4.79 Å². The number of thiophene rings is 1. The van der Waals surface area contributed by atoms with Crippen LogP contribution in [0.2, 0.25) is 0 Å². The fourth-order valence-electron chi connectivity index (χ4n) is 1.12. The Balaban J connectivity index is 2.57. The normalized spacial score (nSPS) is 12.1. The van der Waals surface area contributed by atoms with E-state index >= 15 is 0 Å². The lowest BCUT2D eigenvalue weighted by molar-refractivity contribution is -0.114. The van der Waals surface area contributed by atoms with E-state index in [9.17, 15) is 4.79 Å². The Bertz CT molecular complexity index is 346. The van der Waals surface area contributed by atoms with E-state index in [1.807, 2.05) is 24.4 Å². The molecule has 0 aromatic carbocycles. The van der Waals surface area contributed by atoms with Gasteiger partial charge in [-0.25, -0.2) is 0 Å². The predicted molar refractivity (Wildman–Crippen MR) is 65.1 cm³/mol. The van der Waals surface area contributed by atoms with Crippen molar-refractivity contribution >= 4 is 22.9 Å². The minimum atomic E-state index is -0.0357. The van der Waals surface area contributed by atoms with Crippen molar-refractivity contribution in [1.29, 1.82) is 0 Å². The monoisotopic (exact) mass is 224 g/mol. The van der Waals surface area contributed by atoms with Gasteiger partial charge in [0, 0.05) is 24.4 Å². The van der Waals surface area contributed by atoms with Crippen molar-refractivity contribution in [3.05, 3.63) is 29.0 Å². The molecule has 0 aliphatic carbocycles. The number of amides is 1. The van der Waals surface area contributed by atoms with Gasteiger partial charge in [-0.1, -0.05) is 6.08 Å². The summed E-state index contributed by atoms with van der Waals surface area (Å²) in [5.74, 6) is -0.0357. The van der Waals surface area contributed by atoms with E-state index in [2.05, 4.69) is 17.2 Å². The Labute approximate surface area is 94.2 Å². The van der Waals surface area contributed by atoms with Crippen LogP contribution in [0.1, 0.15) is 18.7 Å². The summed E-state index contributed by atoms with van der Waals surface area (Å²) in [4.78, 5) is 12.1. The molecule has 0 aliphatic heterocycles. The molecule has 1 rings (SSSR count). The van der Waals surface area contributed by atoms with Crippen molar-refractivity contribution in [3.8, 4) is 0 Å². The lowest BCUT2D eigenvalue weighted by Crippen LogP contribution is -2.23.